The molecule has 0 aliphatic rings. The molecule has 0 amide bonds. The molecular formula is C17H12Cl2N4S. The second kappa shape index (κ2) is 7.27. The van der Waals surface area contributed by atoms with Gasteiger partial charge in [0.1, 0.15) is 0 Å². The van der Waals surface area contributed by atoms with Crippen LogP contribution >= 0.6 is 35.0 Å². The minimum atomic E-state index is 0.290. The van der Waals surface area contributed by atoms with E-state index in [1.165, 1.54) is 11.8 Å². The minimum Gasteiger partial charge on any atom is -0.270 e. The largest absolute Gasteiger partial charge is 0.270 e. The molecule has 0 fully saturated rings. The van der Waals surface area contributed by atoms with Crippen molar-refractivity contribution in [3.8, 4) is 23.1 Å². The van der Waals surface area contributed by atoms with Gasteiger partial charge in [0, 0.05) is 15.6 Å². The van der Waals surface area contributed by atoms with Gasteiger partial charge in [0.25, 0.3) is 0 Å². The van der Waals surface area contributed by atoms with Crippen molar-refractivity contribution in [3.05, 3.63) is 58.1 Å². The number of thioether (sulfide) groups is 1. The number of nitrogens with zero attached hydrogens (tertiary/aromatic N) is 4. The predicted molar refractivity (Wildman–Crippen MR) is 97.9 cm³/mol. The lowest BCUT2D eigenvalue weighted by atomic mass is 10.2. The van der Waals surface area contributed by atoms with Crippen LogP contribution in [0.4, 0.5) is 0 Å². The molecule has 24 heavy (non-hydrogen) atoms. The summed E-state index contributed by atoms with van der Waals surface area (Å²) in [6, 6.07) is 15.3. The highest BCUT2D eigenvalue weighted by Crippen LogP contribution is 2.30. The van der Waals surface area contributed by atoms with Gasteiger partial charge in [-0.15, -0.1) is 10.2 Å². The fourth-order valence-electron chi connectivity index (χ4n) is 2.20. The lowest BCUT2D eigenvalue weighted by Crippen LogP contribution is -2.00. The Morgan fingerprint density at radius 2 is 1.88 bits per heavy atom. The zero-order valence-electron chi connectivity index (χ0n) is 12.7. The zero-order valence-corrected chi connectivity index (χ0v) is 15.0. The van der Waals surface area contributed by atoms with Crippen molar-refractivity contribution in [1.82, 2.24) is 14.8 Å². The van der Waals surface area contributed by atoms with Crippen molar-refractivity contribution < 1.29 is 0 Å². The van der Waals surface area contributed by atoms with Gasteiger partial charge in [0.15, 0.2) is 11.0 Å². The van der Waals surface area contributed by atoms with E-state index in [2.05, 4.69) is 16.3 Å². The molecule has 3 aromatic rings. The number of hydrogen-bond acceptors (Lipinski definition) is 4. The van der Waals surface area contributed by atoms with Gasteiger partial charge in [-0.2, -0.15) is 5.26 Å². The second-order valence-corrected chi connectivity index (χ2v) is 6.81. The first-order valence-electron chi connectivity index (χ1n) is 7.08. The van der Waals surface area contributed by atoms with Gasteiger partial charge in [0.2, 0.25) is 0 Å². The topological polar surface area (TPSA) is 54.5 Å². The minimum absolute atomic E-state index is 0.290. The highest BCUT2D eigenvalue weighted by atomic mass is 35.5. The summed E-state index contributed by atoms with van der Waals surface area (Å²) in [4.78, 5) is 0. The summed E-state index contributed by atoms with van der Waals surface area (Å²) in [5.74, 6) is 0.963. The van der Waals surface area contributed by atoms with E-state index in [4.69, 9.17) is 28.5 Å². The number of benzene rings is 2. The monoisotopic (exact) mass is 374 g/mol. The highest BCUT2D eigenvalue weighted by Gasteiger charge is 2.16. The molecule has 0 unspecified atom stereocenters. The van der Waals surface area contributed by atoms with Gasteiger partial charge in [-0.25, -0.2) is 0 Å². The molecule has 120 valence electrons. The molecule has 0 saturated heterocycles. The van der Waals surface area contributed by atoms with E-state index in [1.807, 2.05) is 41.8 Å². The first-order chi connectivity index (χ1) is 11.6. The molecule has 0 bridgehead atoms. The van der Waals surface area contributed by atoms with Crippen molar-refractivity contribution in [1.29, 1.82) is 5.26 Å². The molecular weight excluding hydrogens is 363 g/mol. The number of aromatic nitrogens is 3. The van der Waals surface area contributed by atoms with Gasteiger partial charge in [-0.05, 0) is 48.9 Å². The number of aryl methyl sites for hydroxylation is 1. The summed E-state index contributed by atoms with van der Waals surface area (Å²) in [5.41, 5.74) is 2.72. The van der Waals surface area contributed by atoms with Crippen LogP contribution in [0.25, 0.3) is 17.1 Å². The van der Waals surface area contributed by atoms with Crippen molar-refractivity contribution in [2.45, 2.75) is 12.1 Å². The zero-order chi connectivity index (χ0) is 17.1. The Bertz CT molecular complexity index is 913. The molecule has 7 heteroatoms. The molecule has 0 spiro atoms. The Hall–Kier alpha value is -2.00. The van der Waals surface area contributed by atoms with E-state index in [0.717, 1.165) is 16.8 Å². The first-order valence-corrected chi connectivity index (χ1v) is 8.82. The smallest absolute Gasteiger partial charge is 0.197 e. The normalized spacial score (nSPS) is 10.6. The molecule has 2 aromatic carbocycles. The van der Waals surface area contributed by atoms with E-state index in [9.17, 15) is 0 Å². The van der Waals surface area contributed by atoms with Gasteiger partial charge in [-0.1, -0.05) is 41.0 Å². The third-order valence-electron chi connectivity index (χ3n) is 3.42. The molecule has 1 aromatic heterocycles. The number of rotatable bonds is 4. The molecule has 1 heterocycles. The number of nitriles is 1. The SMILES string of the molecule is Cc1ccc(-n2c(SCC#N)nnc2-c2ccc(Cl)cc2)cc1Cl. The fourth-order valence-corrected chi connectivity index (χ4v) is 3.11. The predicted octanol–water partition coefficient (Wildman–Crippen LogP) is 5.17. The van der Waals surface area contributed by atoms with Crippen LogP contribution in [0.1, 0.15) is 5.56 Å². The van der Waals surface area contributed by atoms with Gasteiger partial charge < -0.3 is 0 Å². The van der Waals surface area contributed by atoms with Crippen molar-refractivity contribution in [2.75, 3.05) is 5.75 Å². The molecule has 0 aliphatic carbocycles. The van der Waals surface area contributed by atoms with Crippen molar-refractivity contribution >= 4 is 35.0 Å². The summed E-state index contributed by atoms with van der Waals surface area (Å²) in [7, 11) is 0. The average Bonchev–Trinajstić information content (AvgIpc) is 3.00. The van der Waals surface area contributed by atoms with Crippen LogP contribution in [0.3, 0.4) is 0 Å². The lowest BCUT2D eigenvalue weighted by molar-refractivity contribution is 0.887. The highest BCUT2D eigenvalue weighted by molar-refractivity contribution is 7.99. The number of hydrogen-bond donors (Lipinski definition) is 0. The Morgan fingerprint density at radius 3 is 2.54 bits per heavy atom. The standard InChI is InChI=1S/C17H12Cl2N4S/c1-11-2-7-14(10-15(11)19)23-16(12-3-5-13(18)6-4-12)21-22-17(23)24-9-8-20/h2-7,10H,9H2,1H3. The van der Waals surface area contributed by atoms with Gasteiger partial charge >= 0.3 is 0 Å². The third-order valence-corrected chi connectivity index (χ3v) is 4.87. The summed E-state index contributed by atoms with van der Waals surface area (Å²) in [6.07, 6.45) is 0. The summed E-state index contributed by atoms with van der Waals surface area (Å²) in [6.45, 7) is 1.95. The van der Waals surface area contributed by atoms with Crippen LogP contribution in [-0.4, -0.2) is 20.5 Å². The van der Waals surface area contributed by atoms with E-state index < -0.39 is 0 Å². The van der Waals surface area contributed by atoms with Crippen LogP contribution in [0.2, 0.25) is 10.0 Å². The molecule has 4 nitrogen and oxygen atoms in total. The third kappa shape index (κ3) is 3.41. The molecule has 0 saturated carbocycles. The van der Waals surface area contributed by atoms with E-state index >= 15 is 0 Å². The summed E-state index contributed by atoms with van der Waals surface area (Å²) >= 11 is 13.6. The summed E-state index contributed by atoms with van der Waals surface area (Å²) < 4.78 is 1.90. The Kier molecular flexibility index (Phi) is 5.10. The second-order valence-electron chi connectivity index (χ2n) is 5.03. The molecule has 0 radical (unpaired) electrons. The van der Waals surface area contributed by atoms with Crippen molar-refractivity contribution in [2.24, 2.45) is 0 Å². The average molecular weight is 375 g/mol. The van der Waals surface area contributed by atoms with Gasteiger partial charge in [0.05, 0.1) is 17.5 Å². The Morgan fingerprint density at radius 1 is 1.12 bits per heavy atom. The van der Waals surface area contributed by atoms with Gasteiger partial charge in [-0.3, -0.25) is 4.57 Å². The number of halogens is 2. The molecule has 0 N–H and O–H groups in total. The maximum absolute atomic E-state index is 8.86. The van der Waals surface area contributed by atoms with E-state index in [-0.39, 0.29) is 0 Å². The van der Waals surface area contributed by atoms with Crippen LogP contribution < -0.4 is 0 Å². The quantitative estimate of drug-likeness (QED) is 0.591. The van der Waals surface area contributed by atoms with E-state index in [1.54, 1.807) is 12.1 Å². The van der Waals surface area contributed by atoms with E-state index in [0.29, 0.717) is 26.8 Å². The molecule has 0 atom stereocenters. The molecule has 0 aliphatic heterocycles. The van der Waals surface area contributed by atoms with Crippen LogP contribution in [0, 0.1) is 18.3 Å². The first kappa shape index (κ1) is 16.8. The molecule has 3 rings (SSSR count). The Labute approximate surface area is 154 Å². The Balaban J connectivity index is 2.16. The van der Waals surface area contributed by atoms with Crippen molar-refractivity contribution in [3.63, 3.8) is 0 Å². The van der Waals surface area contributed by atoms with Crippen LogP contribution in [0.15, 0.2) is 47.6 Å². The van der Waals surface area contributed by atoms with Crippen LogP contribution in [-0.2, 0) is 0 Å². The maximum atomic E-state index is 8.86. The summed E-state index contributed by atoms with van der Waals surface area (Å²) in [5, 5.41) is 19.3. The lowest BCUT2D eigenvalue weighted by Gasteiger charge is -2.11. The maximum Gasteiger partial charge on any atom is 0.197 e. The fraction of sp³-hybridized carbons (Fsp3) is 0.118. The van der Waals surface area contributed by atoms with Crippen LogP contribution in [0.5, 0.6) is 0 Å².